The summed E-state index contributed by atoms with van der Waals surface area (Å²) in [6, 6.07) is 25.6. The summed E-state index contributed by atoms with van der Waals surface area (Å²) in [6.07, 6.45) is 0. The van der Waals surface area contributed by atoms with Crippen LogP contribution in [-0.2, 0) is 22.6 Å². The van der Waals surface area contributed by atoms with E-state index in [9.17, 15) is 14.0 Å². The van der Waals surface area contributed by atoms with E-state index >= 15 is 4.79 Å². The topological polar surface area (TPSA) is 96.6 Å². The Morgan fingerprint density at radius 2 is 1.68 bits per heavy atom. The minimum absolute atomic E-state index is 0.0487. The number of benzene rings is 4. The summed E-state index contributed by atoms with van der Waals surface area (Å²) in [7, 11) is 0. The van der Waals surface area contributed by atoms with Crippen LogP contribution in [0.15, 0.2) is 105 Å². The highest BCUT2D eigenvalue weighted by atomic mass is 35.5. The highest BCUT2D eigenvalue weighted by molar-refractivity contribution is 8.00. The molecule has 232 valence electrons. The molecule has 0 saturated heterocycles. The van der Waals surface area contributed by atoms with E-state index < -0.39 is 22.8 Å². The number of aryl methyl sites for hydroxylation is 1. The highest BCUT2D eigenvalue weighted by Crippen LogP contribution is 2.55. The van der Waals surface area contributed by atoms with Crippen molar-refractivity contribution in [3.63, 3.8) is 0 Å². The van der Waals surface area contributed by atoms with Crippen molar-refractivity contribution in [2.24, 2.45) is 0 Å². The first-order valence-corrected chi connectivity index (χ1v) is 16.7. The van der Waals surface area contributed by atoms with Gasteiger partial charge in [0.1, 0.15) is 11.4 Å². The van der Waals surface area contributed by atoms with Crippen molar-refractivity contribution >= 4 is 68.3 Å². The highest BCUT2D eigenvalue weighted by Gasteiger charge is 2.66. The molecule has 2 amide bonds. The molecule has 2 aromatic heterocycles. The molecule has 12 heteroatoms. The summed E-state index contributed by atoms with van der Waals surface area (Å²) in [4.78, 5) is 47.0. The van der Waals surface area contributed by atoms with Gasteiger partial charge in [-0.1, -0.05) is 88.8 Å². The van der Waals surface area contributed by atoms with Crippen LogP contribution in [0.5, 0.6) is 0 Å². The van der Waals surface area contributed by atoms with E-state index in [1.54, 1.807) is 65.6 Å². The molecule has 4 aromatic carbocycles. The predicted molar refractivity (Wildman–Crippen MR) is 180 cm³/mol. The molecule has 2 aliphatic rings. The molecule has 0 saturated carbocycles. The number of anilines is 2. The lowest BCUT2D eigenvalue weighted by Crippen LogP contribution is -2.53. The number of carbonyl (C=O) groups excluding carboxylic acids is 2. The van der Waals surface area contributed by atoms with Crippen LogP contribution in [0.1, 0.15) is 38.4 Å². The summed E-state index contributed by atoms with van der Waals surface area (Å²) < 4.78 is 20.1. The van der Waals surface area contributed by atoms with Gasteiger partial charge in [-0.05, 0) is 60.5 Å². The van der Waals surface area contributed by atoms with Gasteiger partial charge in [0, 0.05) is 16.3 Å². The van der Waals surface area contributed by atoms with Crippen LogP contribution in [0.2, 0.25) is 5.02 Å². The van der Waals surface area contributed by atoms with Gasteiger partial charge in [0.25, 0.3) is 11.8 Å². The largest absolute Gasteiger partial charge is 0.450 e. The maximum Gasteiger partial charge on any atom is 0.297 e. The van der Waals surface area contributed by atoms with Gasteiger partial charge in [-0.25, -0.2) is 4.39 Å². The Morgan fingerprint density at radius 1 is 0.936 bits per heavy atom. The average molecular weight is 681 g/mol. The van der Waals surface area contributed by atoms with E-state index in [2.05, 4.69) is 10.2 Å². The summed E-state index contributed by atoms with van der Waals surface area (Å²) >= 11 is 8.63. The van der Waals surface area contributed by atoms with Gasteiger partial charge in [-0.3, -0.25) is 19.3 Å². The van der Waals surface area contributed by atoms with Crippen LogP contribution >= 0.6 is 34.7 Å². The van der Waals surface area contributed by atoms with Gasteiger partial charge in [-0.2, -0.15) is 0 Å². The van der Waals surface area contributed by atoms with Crippen LogP contribution in [0.3, 0.4) is 0 Å². The Balaban J connectivity index is 1.31. The van der Waals surface area contributed by atoms with Crippen molar-refractivity contribution in [1.82, 2.24) is 10.2 Å². The molecule has 1 atom stereocenters. The van der Waals surface area contributed by atoms with Crippen molar-refractivity contribution in [3.8, 4) is 0 Å². The molecule has 0 aliphatic carbocycles. The van der Waals surface area contributed by atoms with Crippen molar-refractivity contribution in [2.75, 3.05) is 9.80 Å². The first kappa shape index (κ1) is 29.6. The normalized spacial score (nSPS) is 16.8. The quantitative estimate of drug-likeness (QED) is 0.133. The lowest BCUT2D eigenvalue weighted by atomic mass is 9.84. The SMILES string of the molecule is Cc1ccc2oc3c(c(=O)c2c1)C1(C(=O)N(Cc2ccc(Cl)cc2)c2ccccc21)N(c1nnc(SCc2ccc(F)cc2)s1)C3=O. The van der Waals surface area contributed by atoms with E-state index in [4.69, 9.17) is 16.0 Å². The molecule has 0 bridgehead atoms. The molecule has 2 aliphatic heterocycles. The lowest BCUT2D eigenvalue weighted by Gasteiger charge is -2.32. The van der Waals surface area contributed by atoms with Crippen LogP contribution in [0, 0.1) is 12.7 Å². The molecule has 1 spiro atoms. The number of rotatable bonds is 6. The van der Waals surface area contributed by atoms with Crippen molar-refractivity contribution < 1.29 is 18.4 Å². The van der Waals surface area contributed by atoms with E-state index in [-0.39, 0.29) is 39.8 Å². The number of carbonyl (C=O) groups is 2. The Hall–Kier alpha value is -4.84. The number of thioether (sulfide) groups is 1. The fourth-order valence-corrected chi connectivity index (χ4v) is 8.26. The Bertz CT molecular complexity index is 2310. The minimum atomic E-state index is -1.90. The number of aromatic nitrogens is 2. The van der Waals surface area contributed by atoms with Gasteiger partial charge in [-0.15, -0.1) is 10.2 Å². The lowest BCUT2D eigenvalue weighted by molar-refractivity contribution is -0.121. The van der Waals surface area contributed by atoms with Crippen molar-refractivity contribution in [2.45, 2.75) is 29.1 Å². The molecule has 8 rings (SSSR count). The molecule has 47 heavy (non-hydrogen) atoms. The first-order valence-electron chi connectivity index (χ1n) is 14.5. The van der Waals surface area contributed by atoms with Gasteiger partial charge in [0.05, 0.1) is 23.2 Å². The molecular weight excluding hydrogens is 659 g/mol. The van der Waals surface area contributed by atoms with Gasteiger partial charge in [0.15, 0.2) is 15.3 Å². The predicted octanol–water partition coefficient (Wildman–Crippen LogP) is 7.49. The van der Waals surface area contributed by atoms with Gasteiger partial charge < -0.3 is 9.32 Å². The third kappa shape index (κ3) is 4.60. The number of para-hydroxylation sites is 1. The Morgan fingerprint density at radius 3 is 2.47 bits per heavy atom. The molecule has 4 heterocycles. The number of nitrogens with zero attached hydrogens (tertiary/aromatic N) is 4. The van der Waals surface area contributed by atoms with Gasteiger partial charge in [0.2, 0.25) is 10.9 Å². The Labute approximate surface area is 280 Å². The maximum absolute atomic E-state index is 15.1. The molecular formula is C35H22ClFN4O4S2. The van der Waals surface area contributed by atoms with E-state index in [1.807, 2.05) is 25.1 Å². The maximum atomic E-state index is 15.1. The monoisotopic (exact) mass is 680 g/mol. The summed E-state index contributed by atoms with van der Waals surface area (Å²) in [6.45, 7) is 2.02. The van der Waals surface area contributed by atoms with Crippen LogP contribution in [0.25, 0.3) is 11.0 Å². The zero-order valence-electron chi connectivity index (χ0n) is 24.6. The number of amides is 2. The number of hydrogen-bond donors (Lipinski definition) is 0. The second-order valence-corrected chi connectivity index (χ2v) is 13.9. The molecule has 1 unspecified atom stereocenters. The van der Waals surface area contributed by atoms with E-state index in [0.717, 1.165) is 28.0 Å². The standard InChI is InChI=1S/C35H22ClFN4O4S2/c1-19-6-15-27-24(16-19)29(42)28-30(45-27)31(43)41(33-38-39-34(47-33)46-18-21-9-13-23(37)14-10-21)35(28)25-4-2-3-5-26(25)40(32(35)44)17-20-7-11-22(36)12-8-20/h2-16H,17-18H2,1H3. The summed E-state index contributed by atoms with van der Waals surface area (Å²) in [5.74, 6) is -1.21. The van der Waals surface area contributed by atoms with E-state index in [1.165, 1.54) is 28.8 Å². The molecule has 0 radical (unpaired) electrons. The molecule has 6 aromatic rings. The number of fused-ring (bicyclic) bond motifs is 5. The van der Waals surface area contributed by atoms with Crippen LogP contribution in [0.4, 0.5) is 15.2 Å². The summed E-state index contributed by atoms with van der Waals surface area (Å²) in [5.41, 5.74) is 1.36. The van der Waals surface area contributed by atoms with Crippen molar-refractivity contribution in [1.29, 1.82) is 0 Å². The number of halogens is 2. The second-order valence-electron chi connectivity index (χ2n) is 11.3. The van der Waals surface area contributed by atoms with E-state index in [0.29, 0.717) is 26.4 Å². The third-order valence-electron chi connectivity index (χ3n) is 8.40. The Kier molecular flexibility index (Phi) is 7.01. The van der Waals surface area contributed by atoms with Crippen molar-refractivity contribution in [3.05, 3.63) is 146 Å². The molecule has 0 N–H and O–H groups in total. The zero-order chi connectivity index (χ0) is 32.4. The summed E-state index contributed by atoms with van der Waals surface area (Å²) in [5, 5.41) is 9.68. The van der Waals surface area contributed by atoms with Crippen LogP contribution in [-0.4, -0.2) is 22.0 Å². The second kappa shape index (κ2) is 11.2. The minimum Gasteiger partial charge on any atom is -0.450 e. The molecule has 8 nitrogen and oxygen atoms in total. The van der Waals surface area contributed by atoms with Crippen LogP contribution < -0.4 is 15.2 Å². The smallest absolute Gasteiger partial charge is 0.297 e. The molecule has 0 fully saturated rings. The first-order chi connectivity index (χ1) is 22.8. The third-order valence-corrected chi connectivity index (χ3v) is 10.8. The van der Waals surface area contributed by atoms with Gasteiger partial charge >= 0.3 is 0 Å². The number of hydrogen-bond acceptors (Lipinski definition) is 8. The fourth-order valence-electron chi connectivity index (χ4n) is 6.28. The average Bonchev–Trinajstić information content (AvgIpc) is 3.71. The fraction of sp³-hybridized carbons (Fsp3) is 0.114. The zero-order valence-corrected chi connectivity index (χ0v) is 27.0.